The third kappa shape index (κ3) is 6.20. The van der Waals surface area contributed by atoms with E-state index < -0.39 is 18.2 Å². The van der Waals surface area contributed by atoms with E-state index in [-0.39, 0.29) is 0 Å². The molecule has 28 heavy (non-hydrogen) atoms. The molecule has 9 nitrogen and oxygen atoms in total. The molecule has 0 saturated heterocycles. The number of amides is 4. The molecule has 148 valence electrons. The van der Waals surface area contributed by atoms with Crippen LogP contribution in [0.4, 0.5) is 25.8 Å². The molecule has 0 unspecified atom stereocenters. The second-order valence-electron chi connectivity index (χ2n) is 6.16. The molecule has 0 aromatic heterocycles. The van der Waals surface area contributed by atoms with Gasteiger partial charge in [0.2, 0.25) is 0 Å². The van der Waals surface area contributed by atoms with Crippen LogP contribution in [-0.2, 0) is 0 Å². The molecule has 0 radical (unpaired) electrons. The second-order valence-corrected chi connectivity index (χ2v) is 6.16. The smallest absolute Gasteiger partial charge is 0.410 e. The molecule has 0 aliphatic carbocycles. The molecular weight excluding hydrogens is 364 g/mol. The first-order chi connectivity index (χ1) is 13.2. The zero-order valence-electron chi connectivity index (χ0n) is 16.1. The fourth-order valence-corrected chi connectivity index (χ4v) is 1.95. The van der Waals surface area contributed by atoms with Gasteiger partial charge in [0.15, 0.2) is 0 Å². The standard InChI is InChI=1S/C19H22N4O5/c1-22(2)18(25)27-15-9-5-7-13(11-15)20-17(24)21-14-8-6-10-16(12-14)28-19(26)23(3)4/h5-12H,1-4H3,(H2,20,21,24). The van der Waals surface area contributed by atoms with Crippen molar-refractivity contribution >= 4 is 29.6 Å². The van der Waals surface area contributed by atoms with Gasteiger partial charge >= 0.3 is 18.2 Å². The number of urea groups is 1. The number of hydrogen-bond donors (Lipinski definition) is 2. The van der Waals surface area contributed by atoms with Crippen molar-refractivity contribution in [1.82, 2.24) is 9.80 Å². The average Bonchev–Trinajstić information content (AvgIpc) is 2.61. The van der Waals surface area contributed by atoms with Crippen molar-refractivity contribution in [1.29, 1.82) is 0 Å². The molecule has 4 amide bonds. The van der Waals surface area contributed by atoms with E-state index in [1.165, 1.54) is 21.9 Å². The molecule has 2 N–H and O–H groups in total. The number of carbonyl (C=O) groups is 3. The SMILES string of the molecule is CN(C)C(=O)Oc1cccc(NC(=O)Nc2cccc(OC(=O)N(C)C)c2)c1. The van der Waals surface area contributed by atoms with Gasteiger partial charge in [0, 0.05) is 51.7 Å². The van der Waals surface area contributed by atoms with E-state index in [9.17, 15) is 14.4 Å². The highest BCUT2D eigenvalue weighted by atomic mass is 16.6. The number of nitrogens with zero attached hydrogens (tertiary/aromatic N) is 2. The maximum absolute atomic E-state index is 12.2. The van der Waals surface area contributed by atoms with Crippen LogP contribution in [-0.4, -0.2) is 56.2 Å². The molecule has 0 fully saturated rings. The number of carbonyl (C=O) groups excluding carboxylic acids is 3. The number of ether oxygens (including phenoxy) is 2. The molecule has 0 bridgehead atoms. The number of anilines is 2. The lowest BCUT2D eigenvalue weighted by atomic mass is 10.3. The molecule has 2 aromatic rings. The number of benzene rings is 2. The monoisotopic (exact) mass is 386 g/mol. The Morgan fingerprint density at radius 3 is 1.46 bits per heavy atom. The van der Waals surface area contributed by atoms with E-state index in [1.807, 2.05) is 0 Å². The van der Waals surface area contributed by atoms with Crippen molar-refractivity contribution < 1.29 is 23.9 Å². The molecule has 0 spiro atoms. The highest BCUT2D eigenvalue weighted by molar-refractivity contribution is 6.00. The first kappa shape index (κ1) is 20.6. The van der Waals surface area contributed by atoms with E-state index in [1.54, 1.807) is 64.6 Å². The normalized spacial score (nSPS) is 9.86. The predicted molar refractivity (Wildman–Crippen MR) is 105 cm³/mol. The van der Waals surface area contributed by atoms with Crippen LogP contribution in [0, 0.1) is 0 Å². The Hall–Kier alpha value is -3.75. The van der Waals surface area contributed by atoms with Crippen LogP contribution in [0.2, 0.25) is 0 Å². The minimum atomic E-state index is -0.523. The van der Waals surface area contributed by atoms with Gasteiger partial charge in [-0.05, 0) is 24.3 Å². The average molecular weight is 386 g/mol. The zero-order chi connectivity index (χ0) is 20.7. The number of nitrogens with one attached hydrogen (secondary N) is 2. The van der Waals surface area contributed by atoms with Gasteiger partial charge in [0.25, 0.3) is 0 Å². The van der Waals surface area contributed by atoms with Gasteiger partial charge in [-0.3, -0.25) is 0 Å². The second kappa shape index (κ2) is 9.26. The lowest BCUT2D eigenvalue weighted by Gasteiger charge is -2.13. The molecule has 0 aliphatic rings. The minimum Gasteiger partial charge on any atom is -0.410 e. The van der Waals surface area contributed by atoms with Crippen LogP contribution in [0.25, 0.3) is 0 Å². The van der Waals surface area contributed by atoms with Crippen LogP contribution in [0.5, 0.6) is 11.5 Å². The van der Waals surface area contributed by atoms with E-state index in [0.717, 1.165) is 0 Å². The summed E-state index contributed by atoms with van der Waals surface area (Å²) in [5.41, 5.74) is 0.883. The topological polar surface area (TPSA) is 100 Å². The Balaban J connectivity index is 1.99. The van der Waals surface area contributed by atoms with Gasteiger partial charge in [-0.1, -0.05) is 12.1 Å². The van der Waals surface area contributed by atoms with Crippen LogP contribution >= 0.6 is 0 Å². The summed E-state index contributed by atoms with van der Waals surface area (Å²) in [7, 11) is 6.29. The van der Waals surface area contributed by atoms with E-state index in [0.29, 0.717) is 22.9 Å². The molecule has 0 aliphatic heterocycles. The Morgan fingerprint density at radius 1 is 0.714 bits per heavy atom. The Morgan fingerprint density at radius 2 is 1.11 bits per heavy atom. The quantitative estimate of drug-likeness (QED) is 0.838. The van der Waals surface area contributed by atoms with Crippen molar-refractivity contribution in [3.05, 3.63) is 48.5 Å². The van der Waals surface area contributed by atoms with E-state index >= 15 is 0 Å². The summed E-state index contributed by atoms with van der Waals surface area (Å²) < 4.78 is 10.3. The summed E-state index contributed by atoms with van der Waals surface area (Å²) in [6.45, 7) is 0. The van der Waals surface area contributed by atoms with Gasteiger partial charge in [-0.15, -0.1) is 0 Å². The van der Waals surface area contributed by atoms with Gasteiger partial charge < -0.3 is 29.9 Å². The lowest BCUT2D eigenvalue weighted by Crippen LogP contribution is -2.25. The largest absolute Gasteiger partial charge is 0.414 e. The fourth-order valence-electron chi connectivity index (χ4n) is 1.95. The van der Waals surface area contributed by atoms with Crippen molar-refractivity contribution in [2.75, 3.05) is 38.8 Å². The Kier molecular flexibility index (Phi) is 6.80. The van der Waals surface area contributed by atoms with Crippen LogP contribution < -0.4 is 20.1 Å². The fraction of sp³-hybridized carbons (Fsp3) is 0.211. The summed E-state index contributed by atoms with van der Waals surface area (Å²) in [5, 5.41) is 5.28. The highest BCUT2D eigenvalue weighted by Gasteiger charge is 2.10. The summed E-state index contributed by atoms with van der Waals surface area (Å²) in [5.74, 6) is 0.600. The van der Waals surface area contributed by atoms with Gasteiger partial charge in [0.05, 0.1) is 0 Å². The van der Waals surface area contributed by atoms with Gasteiger partial charge in [-0.25, -0.2) is 14.4 Å². The maximum Gasteiger partial charge on any atom is 0.414 e. The molecule has 0 saturated carbocycles. The predicted octanol–water partition coefficient (Wildman–Crippen LogP) is 3.45. The van der Waals surface area contributed by atoms with Crippen molar-refractivity contribution in [2.24, 2.45) is 0 Å². The molecular formula is C19H22N4O5. The Labute approximate surface area is 162 Å². The first-order valence-corrected chi connectivity index (χ1v) is 8.31. The van der Waals surface area contributed by atoms with Crippen LogP contribution in [0.3, 0.4) is 0 Å². The van der Waals surface area contributed by atoms with E-state index in [2.05, 4.69) is 10.6 Å². The molecule has 0 atom stereocenters. The Bertz CT molecular complexity index is 797. The maximum atomic E-state index is 12.2. The first-order valence-electron chi connectivity index (χ1n) is 8.31. The van der Waals surface area contributed by atoms with Crippen molar-refractivity contribution in [3.8, 4) is 11.5 Å². The summed E-state index contributed by atoms with van der Waals surface area (Å²) in [6.07, 6.45) is -1.05. The van der Waals surface area contributed by atoms with E-state index in [4.69, 9.17) is 9.47 Å². The summed E-state index contributed by atoms with van der Waals surface area (Å²) in [6, 6.07) is 12.4. The molecule has 2 rings (SSSR count). The van der Waals surface area contributed by atoms with Gasteiger partial charge in [0.1, 0.15) is 11.5 Å². The van der Waals surface area contributed by atoms with Gasteiger partial charge in [-0.2, -0.15) is 0 Å². The third-order valence-electron chi connectivity index (χ3n) is 3.32. The highest BCUT2D eigenvalue weighted by Crippen LogP contribution is 2.20. The number of rotatable bonds is 4. The van der Waals surface area contributed by atoms with Crippen LogP contribution in [0.15, 0.2) is 48.5 Å². The molecule has 0 heterocycles. The van der Waals surface area contributed by atoms with Crippen LogP contribution in [0.1, 0.15) is 0 Å². The number of hydrogen-bond acceptors (Lipinski definition) is 5. The molecule has 2 aromatic carbocycles. The molecule has 9 heteroatoms. The summed E-state index contributed by atoms with van der Waals surface area (Å²) in [4.78, 5) is 38.0. The van der Waals surface area contributed by atoms with Crippen molar-refractivity contribution in [3.63, 3.8) is 0 Å². The van der Waals surface area contributed by atoms with Crippen molar-refractivity contribution in [2.45, 2.75) is 0 Å². The third-order valence-corrected chi connectivity index (χ3v) is 3.32. The summed E-state index contributed by atoms with van der Waals surface area (Å²) >= 11 is 0. The zero-order valence-corrected chi connectivity index (χ0v) is 16.1. The minimum absolute atomic E-state index is 0.300. The lowest BCUT2D eigenvalue weighted by molar-refractivity contribution is 0.171.